The molecule has 3 nitrogen and oxygen atoms in total. The van der Waals surface area contributed by atoms with Gasteiger partial charge in [-0.25, -0.2) is 8.42 Å². The van der Waals surface area contributed by atoms with Gasteiger partial charge in [-0.2, -0.15) is 0 Å². The Bertz CT molecular complexity index is 287. The van der Waals surface area contributed by atoms with Crippen molar-refractivity contribution in [3.8, 4) is 0 Å². The van der Waals surface area contributed by atoms with Gasteiger partial charge in [0.1, 0.15) is 0 Å². The zero-order valence-corrected chi connectivity index (χ0v) is 11.7. The van der Waals surface area contributed by atoms with Gasteiger partial charge in [-0.05, 0) is 18.8 Å². The SMILES string of the molecule is CC(C)CCCOC1CS(=O)(=O)CC1Br. The third kappa shape index (κ3) is 4.83. The summed E-state index contributed by atoms with van der Waals surface area (Å²) in [5.41, 5.74) is 0. The van der Waals surface area contributed by atoms with Crippen LogP contribution in [0.25, 0.3) is 0 Å². The molecule has 2 unspecified atom stereocenters. The van der Waals surface area contributed by atoms with Crippen LogP contribution in [0.3, 0.4) is 0 Å². The van der Waals surface area contributed by atoms with E-state index in [1.165, 1.54) is 0 Å². The fourth-order valence-corrected chi connectivity index (χ4v) is 5.11. The van der Waals surface area contributed by atoms with Crippen molar-refractivity contribution in [1.82, 2.24) is 0 Å². The second kappa shape index (κ2) is 5.64. The molecule has 2 atom stereocenters. The number of rotatable bonds is 5. The maximum atomic E-state index is 11.3. The summed E-state index contributed by atoms with van der Waals surface area (Å²) in [4.78, 5) is -0.0263. The third-order valence-corrected chi connectivity index (χ3v) is 5.54. The lowest BCUT2D eigenvalue weighted by Gasteiger charge is -2.13. The molecule has 1 aliphatic heterocycles. The summed E-state index contributed by atoms with van der Waals surface area (Å²) in [5.74, 6) is 1.06. The van der Waals surface area contributed by atoms with Crippen molar-refractivity contribution in [2.45, 2.75) is 37.6 Å². The van der Waals surface area contributed by atoms with Crippen LogP contribution >= 0.6 is 15.9 Å². The van der Waals surface area contributed by atoms with E-state index in [1.807, 2.05) is 0 Å². The van der Waals surface area contributed by atoms with E-state index >= 15 is 0 Å². The van der Waals surface area contributed by atoms with E-state index in [9.17, 15) is 8.42 Å². The van der Waals surface area contributed by atoms with E-state index in [4.69, 9.17) is 4.74 Å². The van der Waals surface area contributed by atoms with Crippen LogP contribution in [0.5, 0.6) is 0 Å². The van der Waals surface area contributed by atoms with Crippen molar-refractivity contribution in [2.75, 3.05) is 18.1 Å². The second-order valence-electron chi connectivity index (χ2n) is 4.54. The van der Waals surface area contributed by atoms with Crippen molar-refractivity contribution in [3.63, 3.8) is 0 Å². The Labute approximate surface area is 101 Å². The van der Waals surface area contributed by atoms with Crippen LogP contribution in [0.4, 0.5) is 0 Å². The summed E-state index contributed by atoms with van der Waals surface area (Å²) in [6, 6.07) is 0. The lowest BCUT2D eigenvalue weighted by Crippen LogP contribution is -2.22. The van der Waals surface area contributed by atoms with E-state index in [1.54, 1.807) is 0 Å². The molecule has 1 aliphatic rings. The second-order valence-corrected chi connectivity index (χ2v) is 7.87. The molecule has 15 heavy (non-hydrogen) atoms. The fourth-order valence-electron chi connectivity index (χ4n) is 1.65. The van der Waals surface area contributed by atoms with Crippen LogP contribution in [0.15, 0.2) is 0 Å². The topological polar surface area (TPSA) is 43.4 Å². The number of hydrogen-bond acceptors (Lipinski definition) is 3. The van der Waals surface area contributed by atoms with E-state index in [0.29, 0.717) is 12.5 Å². The molecule has 0 amide bonds. The van der Waals surface area contributed by atoms with E-state index in [2.05, 4.69) is 29.8 Å². The Hall–Kier alpha value is 0.390. The molecule has 0 spiro atoms. The van der Waals surface area contributed by atoms with Gasteiger partial charge in [0.15, 0.2) is 9.84 Å². The van der Waals surface area contributed by atoms with Gasteiger partial charge in [0.05, 0.1) is 22.4 Å². The number of hydrogen-bond donors (Lipinski definition) is 0. The molecule has 1 fully saturated rings. The molecular weight excluding hydrogens is 280 g/mol. The zero-order valence-electron chi connectivity index (χ0n) is 9.28. The molecule has 1 heterocycles. The lowest BCUT2D eigenvalue weighted by molar-refractivity contribution is 0.0711. The van der Waals surface area contributed by atoms with E-state index in [0.717, 1.165) is 12.8 Å². The monoisotopic (exact) mass is 298 g/mol. The highest BCUT2D eigenvalue weighted by molar-refractivity contribution is 9.09. The maximum Gasteiger partial charge on any atom is 0.154 e. The first kappa shape index (κ1) is 13.5. The summed E-state index contributed by atoms with van der Waals surface area (Å²) >= 11 is 3.36. The van der Waals surface area contributed by atoms with Crippen molar-refractivity contribution in [1.29, 1.82) is 0 Å². The van der Waals surface area contributed by atoms with E-state index in [-0.39, 0.29) is 22.4 Å². The minimum absolute atomic E-state index is 0.0263. The predicted molar refractivity (Wildman–Crippen MR) is 65.2 cm³/mol. The molecule has 1 saturated heterocycles. The molecule has 0 radical (unpaired) electrons. The minimum atomic E-state index is -2.87. The molecule has 0 aliphatic carbocycles. The van der Waals surface area contributed by atoms with Crippen LogP contribution < -0.4 is 0 Å². The van der Waals surface area contributed by atoms with Gasteiger partial charge in [0, 0.05) is 6.61 Å². The van der Waals surface area contributed by atoms with Crippen molar-refractivity contribution < 1.29 is 13.2 Å². The van der Waals surface area contributed by atoms with Gasteiger partial charge in [0.2, 0.25) is 0 Å². The average Bonchev–Trinajstić information content (AvgIpc) is 2.33. The Morgan fingerprint density at radius 1 is 1.40 bits per heavy atom. The Morgan fingerprint density at radius 2 is 2.07 bits per heavy atom. The fraction of sp³-hybridized carbons (Fsp3) is 1.00. The Kier molecular flexibility index (Phi) is 5.06. The first-order valence-corrected chi connectivity index (χ1v) is 8.10. The van der Waals surface area contributed by atoms with E-state index < -0.39 is 9.84 Å². The minimum Gasteiger partial charge on any atom is -0.376 e. The van der Waals surface area contributed by atoms with Crippen LogP contribution in [-0.4, -0.2) is 37.5 Å². The van der Waals surface area contributed by atoms with Gasteiger partial charge in [-0.15, -0.1) is 0 Å². The molecular formula is C10H19BrO3S. The third-order valence-electron chi connectivity index (χ3n) is 2.49. The number of ether oxygens (including phenoxy) is 1. The molecule has 5 heteroatoms. The highest BCUT2D eigenvalue weighted by atomic mass is 79.9. The Balaban J connectivity index is 2.23. The van der Waals surface area contributed by atoms with Gasteiger partial charge >= 0.3 is 0 Å². The van der Waals surface area contributed by atoms with Crippen LogP contribution in [0, 0.1) is 5.92 Å². The maximum absolute atomic E-state index is 11.3. The highest BCUT2D eigenvalue weighted by Gasteiger charge is 2.36. The molecule has 0 saturated carbocycles. The summed E-state index contributed by atoms with van der Waals surface area (Å²) in [7, 11) is -2.87. The smallest absolute Gasteiger partial charge is 0.154 e. The Morgan fingerprint density at radius 3 is 2.53 bits per heavy atom. The number of alkyl halides is 1. The van der Waals surface area contributed by atoms with Crippen LogP contribution in [0.1, 0.15) is 26.7 Å². The largest absolute Gasteiger partial charge is 0.376 e. The number of sulfone groups is 1. The quantitative estimate of drug-likeness (QED) is 0.576. The highest BCUT2D eigenvalue weighted by Crippen LogP contribution is 2.22. The zero-order chi connectivity index (χ0) is 11.5. The lowest BCUT2D eigenvalue weighted by atomic mass is 10.1. The predicted octanol–water partition coefficient (Wildman–Crippen LogP) is 2.00. The first-order valence-electron chi connectivity index (χ1n) is 5.37. The molecule has 0 bridgehead atoms. The van der Waals surface area contributed by atoms with Crippen molar-refractivity contribution in [3.05, 3.63) is 0 Å². The molecule has 0 N–H and O–H groups in total. The standard InChI is InChI=1S/C10H19BrO3S/c1-8(2)4-3-5-14-10-7-15(12,13)6-9(10)11/h8-10H,3-7H2,1-2H3. The van der Waals surface area contributed by atoms with Crippen LogP contribution in [0.2, 0.25) is 0 Å². The molecule has 0 aromatic rings. The van der Waals surface area contributed by atoms with Gasteiger partial charge in [-0.1, -0.05) is 29.8 Å². The van der Waals surface area contributed by atoms with Gasteiger partial charge in [-0.3, -0.25) is 0 Å². The molecule has 1 rings (SSSR count). The first-order chi connectivity index (χ1) is 6.91. The normalized spacial score (nSPS) is 29.9. The van der Waals surface area contributed by atoms with Crippen molar-refractivity contribution in [2.24, 2.45) is 5.92 Å². The number of halogens is 1. The average molecular weight is 299 g/mol. The molecule has 0 aromatic carbocycles. The summed E-state index contributed by atoms with van der Waals surface area (Å²) in [5, 5.41) is 0. The summed E-state index contributed by atoms with van der Waals surface area (Å²) < 4.78 is 28.1. The van der Waals surface area contributed by atoms with Gasteiger partial charge < -0.3 is 4.74 Å². The molecule has 90 valence electrons. The summed E-state index contributed by atoms with van der Waals surface area (Å²) in [6.45, 7) is 5.01. The van der Waals surface area contributed by atoms with Crippen LogP contribution in [-0.2, 0) is 14.6 Å². The van der Waals surface area contributed by atoms with Crippen molar-refractivity contribution >= 4 is 25.8 Å². The summed E-state index contributed by atoms with van der Waals surface area (Å²) in [6.07, 6.45) is 1.99. The molecule has 0 aromatic heterocycles. The van der Waals surface area contributed by atoms with Gasteiger partial charge in [0.25, 0.3) is 0 Å².